The van der Waals surface area contributed by atoms with E-state index in [0.717, 1.165) is 4.90 Å². The van der Waals surface area contributed by atoms with E-state index >= 15 is 0 Å². The smallest absolute Gasteiger partial charge is 0.246 e. The number of hydrogen-bond donors (Lipinski definition) is 2. The van der Waals surface area contributed by atoms with Crippen LogP contribution in [0.25, 0.3) is 0 Å². The van der Waals surface area contributed by atoms with Crippen molar-refractivity contribution in [1.29, 1.82) is 0 Å². The molecule has 0 aromatic carbocycles. The van der Waals surface area contributed by atoms with Gasteiger partial charge in [0.2, 0.25) is 23.6 Å². The van der Waals surface area contributed by atoms with Gasteiger partial charge in [-0.2, -0.15) is 3.89 Å². The number of methoxy groups -OCH3 is 1. The van der Waals surface area contributed by atoms with E-state index in [0.29, 0.717) is 45.9 Å². The molecule has 0 aliphatic carbocycles. The number of carbonyl (C=O) groups excluding carboxylic acids is 4. The van der Waals surface area contributed by atoms with E-state index in [-0.39, 0.29) is 50.0 Å². The van der Waals surface area contributed by atoms with Crippen LogP contribution in [0.2, 0.25) is 0 Å². The molecule has 1 fully saturated rings. The Labute approximate surface area is 210 Å². The third-order valence-electron chi connectivity index (χ3n) is 3.88. The van der Waals surface area contributed by atoms with Crippen molar-refractivity contribution in [1.82, 2.24) is 15.5 Å². The van der Waals surface area contributed by atoms with Crippen molar-refractivity contribution < 1.29 is 73.9 Å². The summed E-state index contributed by atoms with van der Waals surface area (Å²) in [4.78, 5) is 47.2. The number of nitrogens with one attached hydrogen (secondary N) is 2. The third kappa shape index (κ3) is 23.8. The Morgan fingerprint density at radius 1 is 0.892 bits per heavy atom. The van der Waals surface area contributed by atoms with E-state index in [1.807, 2.05) is 0 Å². The molecule has 0 spiro atoms. The zero-order valence-corrected chi connectivity index (χ0v) is 20.3. The summed E-state index contributed by atoms with van der Waals surface area (Å²) < 4.78 is 91.8. The SMILES string of the molecule is COCC(=O)NCCOCCOCCNC(=O)CCCN1C(=O)CC(SF)C1=O.FF.FF.FF.FF. The molecular weight excluding hydrogens is 561 g/mol. The third-order valence-corrected chi connectivity index (χ3v) is 4.46. The van der Waals surface area contributed by atoms with Gasteiger partial charge in [0, 0.05) is 69.8 Å². The Kier molecular flexibility index (Phi) is 38.0. The molecule has 1 unspecified atom stereocenters. The highest BCUT2D eigenvalue weighted by atomic mass is 32.2. The lowest BCUT2D eigenvalue weighted by molar-refractivity contribution is -0.138. The maximum Gasteiger partial charge on any atom is 0.246 e. The molecule has 0 saturated carbocycles. The summed E-state index contributed by atoms with van der Waals surface area (Å²) in [7, 11) is 1.44. The van der Waals surface area contributed by atoms with Crippen molar-refractivity contribution in [2.24, 2.45) is 0 Å². The van der Waals surface area contributed by atoms with E-state index in [2.05, 4.69) is 15.4 Å². The maximum absolute atomic E-state index is 12.5. The number of imide groups is 1. The van der Waals surface area contributed by atoms with Gasteiger partial charge in [0.05, 0.1) is 45.0 Å². The van der Waals surface area contributed by atoms with E-state index in [9.17, 15) is 23.1 Å². The summed E-state index contributed by atoms with van der Waals surface area (Å²) in [6.07, 6.45) is 0.348. The van der Waals surface area contributed by atoms with Crippen molar-refractivity contribution in [2.45, 2.75) is 24.5 Å². The molecule has 1 heterocycles. The van der Waals surface area contributed by atoms with Crippen LogP contribution >= 0.6 is 12.1 Å². The van der Waals surface area contributed by atoms with Gasteiger partial charge in [0.1, 0.15) is 11.9 Å². The summed E-state index contributed by atoms with van der Waals surface area (Å²) >= 11 is -0.122. The number of rotatable bonds is 16. The average molecular weight is 589 g/mol. The lowest BCUT2D eigenvalue weighted by Crippen LogP contribution is -2.33. The number of halogens is 9. The minimum atomic E-state index is -0.952. The fourth-order valence-corrected chi connectivity index (χ4v) is 2.88. The molecule has 1 saturated heterocycles. The number of likely N-dealkylation sites (tertiary alicyclic amines) is 1. The highest BCUT2D eigenvalue weighted by molar-refractivity contribution is 7.95. The standard InChI is InChI=1S/C17H28FN3O7S.4F2/c1-26-12-15(23)20-5-8-28-10-9-27-7-4-19-14(22)3-2-6-21-16(24)11-13(29-18)17(21)25;4*1-2/h13H,2-12H2,1H3,(H,19,22)(H,20,23);;;;. The number of hydrogen-bond acceptors (Lipinski definition) is 8. The van der Waals surface area contributed by atoms with Gasteiger partial charge < -0.3 is 24.8 Å². The predicted octanol–water partition coefficient (Wildman–Crippen LogP) is 2.79. The van der Waals surface area contributed by atoms with E-state index in [1.165, 1.54) is 7.11 Å². The second-order valence-corrected chi connectivity index (χ2v) is 6.87. The zero-order valence-electron chi connectivity index (χ0n) is 19.5. The topological polar surface area (TPSA) is 123 Å². The zero-order chi connectivity index (χ0) is 29.5. The molecule has 37 heavy (non-hydrogen) atoms. The van der Waals surface area contributed by atoms with Crippen molar-refractivity contribution in [2.75, 3.05) is 59.8 Å². The van der Waals surface area contributed by atoms with Crippen LogP contribution in [-0.2, 0) is 33.4 Å². The summed E-state index contributed by atoms with van der Waals surface area (Å²) in [6, 6.07) is 0. The average Bonchev–Trinajstić information content (AvgIpc) is 3.22. The van der Waals surface area contributed by atoms with Crippen molar-refractivity contribution in [3.63, 3.8) is 0 Å². The molecule has 1 aliphatic heterocycles. The van der Waals surface area contributed by atoms with Gasteiger partial charge in [-0.25, -0.2) is 0 Å². The van der Waals surface area contributed by atoms with Gasteiger partial charge in [-0.3, -0.25) is 24.1 Å². The highest BCUT2D eigenvalue weighted by Gasteiger charge is 2.39. The molecule has 222 valence electrons. The first-order valence-electron chi connectivity index (χ1n) is 9.86. The van der Waals surface area contributed by atoms with Gasteiger partial charge in [0.25, 0.3) is 0 Å². The van der Waals surface area contributed by atoms with Gasteiger partial charge in [-0.15, -0.1) is 0 Å². The van der Waals surface area contributed by atoms with Crippen molar-refractivity contribution in [3.8, 4) is 0 Å². The molecule has 0 aromatic heterocycles. The first-order chi connectivity index (χ1) is 18.0. The number of amides is 4. The van der Waals surface area contributed by atoms with Crippen molar-refractivity contribution in [3.05, 3.63) is 0 Å². The summed E-state index contributed by atoms with van der Waals surface area (Å²) in [6.45, 7) is 2.25. The predicted molar refractivity (Wildman–Crippen MR) is 111 cm³/mol. The van der Waals surface area contributed by atoms with Gasteiger partial charge in [-0.1, -0.05) is 0 Å². The number of carbonyl (C=O) groups is 4. The van der Waals surface area contributed by atoms with Crippen LogP contribution in [0.3, 0.4) is 0 Å². The van der Waals surface area contributed by atoms with Crippen LogP contribution in [0.1, 0.15) is 19.3 Å². The molecule has 1 aliphatic rings. The van der Waals surface area contributed by atoms with Crippen LogP contribution in [0, 0.1) is 0 Å². The second kappa shape index (κ2) is 33.7. The second-order valence-electron chi connectivity index (χ2n) is 6.13. The fraction of sp³-hybridized carbons (Fsp3) is 0.765. The molecule has 4 amide bonds. The Morgan fingerprint density at radius 2 is 1.38 bits per heavy atom. The quantitative estimate of drug-likeness (QED) is 0.160. The number of ether oxygens (including phenoxy) is 3. The van der Waals surface area contributed by atoms with Gasteiger partial charge in [-0.05, 0) is 6.42 Å². The van der Waals surface area contributed by atoms with Crippen LogP contribution in [0.5, 0.6) is 0 Å². The molecule has 1 atom stereocenters. The molecule has 0 radical (unpaired) electrons. The van der Waals surface area contributed by atoms with Crippen LogP contribution < -0.4 is 10.6 Å². The summed E-state index contributed by atoms with van der Waals surface area (Å²) in [5.41, 5.74) is 0. The normalized spacial score (nSPS) is 13.5. The molecule has 0 aromatic rings. The van der Waals surface area contributed by atoms with Crippen LogP contribution in [-0.4, -0.2) is 93.6 Å². The van der Waals surface area contributed by atoms with Gasteiger partial charge >= 0.3 is 0 Å². The Hall–Kier alpha value is -2.32. The molecule has 10 nitrogen and oxygen atoms in total. The molecule has 20 heteroatoms. The monoisotopic (exact) mass is 589 g/mol. The lowest BCUT2D eigenvalue weighted by atomic mass is 10.3. The first-order valence-corrected chi connectivity index (χ1v) is 10.6. The Balaban J connectivity index is -0.000000617. The fourth-order valence-electron chi connectivity index (χ4n) is 2.47. The number of nitrogens with zero attached hydrogens (tertiary/aromatic N) is 1. The highest BCUT2D eigenvalue weighted by Crippen LogP contribution is 2.25. The van der Waals surface area contributed by atoms with Crippen molar-refractivity contribution >= 4 is 35.8 Å². The van der Waals surface area contributed by atoms with Crippen LogP contribution in [0.4, 0.5) is 40.5 Å². The van der Waals surface area contributed by atoms with E-state index in [4.69, 9.17) is 46.1 Å². The molecule has 0 bridgehead atoms. The molecule has 2 N–H and O–H groups in total. The van der Waals surface area contributed by atoms with E-state index < -0.39 is 17.1 Å². The van der Waals surface area contributed by atoms with Gasteiger partial charge in [0.15, 0.2) is 0 Å². The maximum atomic E-state index is 12.5. The first kappa shape index (κ1) is 41.8. The largest absolute Gasteiger partial charge is 0.377 e. The minimum absolute atomic E-state index is 0.0160. The molecular formula is C17H28F9N3O7S. The minimum Gasteiger partial charge on any atom is -0.377 e. The van der Waals surface area contributed by atoms with E-state index in [1.54, 1.807) is 0 Å². The Morgan fingerprint density at radius 3 is 1.81 bits per heavy atom. The van der Waals surface area contributed by atoms with Crippen LogP contribution in [0.15, 0.2) is 0 Å². The summed E-state index contributed by atoms with van der Waals surface area (Å²) in [5, 5.41) is 4.33. The Bertz CT molecular complexity index is 576. The summed E-state index contributed by atoms with van der Waals surface area (Å²) in [5.74, 6) is -1.36. The molecule has 1 rings (SSSR count). The lowest BCUT2D eigenvalue weighted by Gasteiger charge is -2.13.